The predicted molar refractivity (Wildman–Crippen MR) is 73.9 cm³/mol. The summed E-state index contributed by atoms with van der Waals surface area (Å²) in [6, 6.07) is 0. The molecule has 0 spiro atoms. The van der Waals surface area contributed by atoms with Crippen LogP contribution in [-0.4, -0.2) is 33.3 Å². The molecule has 1 saturated heterocycles. The predicted octanol–water partition coefficient (Wildman–Crippen LogP) is 1.78. The molecule has 1 fully saturated rings. The normalized spacial score (nSPS) is 17.5. The third-order valence-electron chi connectivity index (χ3n) is 3.66. The van der Waals surface area contributed by atoms with E-state index in [1.165, 1.54) is 0 Å². The molecule has 0 saturated carbocycles. The smallest absolute Gasteiger partial charge is 0.245 e. The zero-order valence-corrected chi connectivity index (χ0v) is 12.8. The van der Waals surface area contributed by atoms with Gasteiger partial charge in [-0.2, -0.15) is 0 Å². The molecule has 1 aromatic rings. The lowest BCUT2D eigenvalue weighted by Gasteiger charge is -2.21. The van der Waals surface area contributed by atoms with E-state index in [1.807, 2.05) is 0 Å². The fourth-order valence-corrected chi connectivity index (χ4v) is 3.96. The van der Waals surface area contributed by atoms with Gasteiger partial charge in [0.25, 0.3) is 0 Å². The third-order valence-corrected chi connectivity index (χ3v) is 5.36. The summed E-state index contributed by atoms with van der Waals surface area (Å²) in [4.78, 5) is 0.170. The minimum atomic E-state index is -3.51. The van der Waals surface area contributed by atoms with Gasteiger partial charge < -0.3 is 9.26 Å². The second-order valence-corrected chi connectivity index (χ2v) is 6.95. The maximum Gasteiger partial charge on any atom is 0.245 e. The number of sulfonamides is 1. The van der Waals surface area contributed by atoms with Crippen molar-refractivity contribution in [1.29, 1.82) is 0 Å². The Bertz CT molecular complexity index is 513. The van der Waals surface area contributed by atoms with E-state index in [0.29, 0.717) is 23.9 Å². The summed E-state index contributed by atoms with van der Waals surface area (Å²) in [7, 11) is -3.51. The van der Waals surface area contributed by atoms with E-state index >= 15 is 0 Å². The van der Waals surface area contributed by atoms with E-state index in [4.69, 9.17) is 9.26 Å². The fraction of sp³-hybridized carbons (Fsp3) is 0.769. The number of hydrogen-bond acceptors (Lipinski definition) is 5. The van der Waals surface area contributed by atoms with E-state index in [-0.39, 0.29) is 4.90 Å². The van der Waals surface area contributed by atoms with Gasteiger partial charge in [0.1, 0.15) is 10.6 Å². The van der Waals surface area contributed by atoms with Crippen LogP contribution in [0, 0.1) is 19.8 Å². The van der Waals surface area contributed by atoms with Gasteiger partial charge in [-0.3, -0.25) is 0 Å². The molecule has 2 rings (SSSR count). The first-order chi connectivity index (χ1) is 9.50. The molecule has 20 heavy (non-hydrogen) atoms. The van der Waals surface area contributed by atoms with Crippen LogP contribution in [0.25, 0.3) is 0 Å². The molecule has 2 heterocycles. The SMILES string of the molecule is Cc1noc(C)c1S(=O)(=O)NCCCC1CCOCC1. The maximum atomic E-state index is 12.2. The molecule has 0 radical (unpaired) electrons. The molecule has 0 aliphatic carbocycles. The molecule has 1 aromatic heterocycles. The van der Waals surface area contributed by atoms with Crippen molar-refractivity contribution in [3.8, 4) is 0 Å². The Hall–Kier alpha value is -0.920. The van der Waals surface area contributed by atoms with Crippen LogP contribution in [0.3, 0.4) is 0 Å². The zero-order valence-electron chi connectivity index (χ0n) is 12.0. The summed E-state index contributed by atoms with van der Waals surface area (Å²) in [5.74, 6) is 0.992. The summed E-state index contributed by atoms with van der Waals surface area (Å²) in [6.45, 7) is 5.35. The van der Waals surface area contributed by atoms with Crippen LogP contribution in [0.5, 0.6) is 0 Å². The Morgan fingerprint density at radius 2 is 2.00 bits per heavy atom. The van der Waals surface area contributed by atoms with Crippen molar-refractivity contribution in [2.75, 3.05) is 19.8 Å². The van der Waals surface area contributed by atoms with E-state index in [0.717, 1.165) is 38.9 Å². The summed E-state index contributed by atoms with van der Waals surface area (Å²) < 4.78 is 37.1. The molecule has 7 heteroatoms. The van der Waals surface area contributed by atoms with Gasteiger partial charge >= 0.3 is 0 Å². The summed E-state index contributed by atoms with van der Waals surface area (Å²) in [5.41, 5.74) is 0.402. The Morgan fingerprint density at radius 1 is 1.30 bits per heavy atom. The molecule has 1 N–H and O–H groups in total. The topological polar surface area (TPSA) is 81.4 Å². The van der Waals surface area contributed by atoms with Gasteiger partial charge in [-0.25, -0.2) is 13.1 Å². The third kappa shape index (κ3) is 3.80. The molecule has 0 bridgehead atoms. The van der Waals surface area contributed by atoms with Gasteiger partial charge in [-0.1, -0.05) is 5.16 Å². The first-order valence-electron chi connectivity index (χ1n) is 7.01. The van der Waals surface area contributed by atoms with Crippen LogP contribution >= 0.6 is 0 Å². The van der Waals surface area contributed by atoms with Gasteiger partial charge in [0.2, 0.25) is 10.0 Å². The maximum absolute atomic E-state index is 12.2. The molecule has 1 aliphatic heterocycles. The average molecular weight is 302 g/mol. The molecule has 0 atom stereocenters. The lowest BCUT2D eigenvalue weighted by atomic mass is 9.95. The first-order valence-corrected chi connectivity index (χ1v) is 8.49. The van der Waals surface area contributed by atoms with Crippen molar-refractivity contribution >= 4 is 10.0 Å². The van der Waals surface area contributed by atoms with Crippen molar-refractivity contribution in [3.63, 3.8) is 0 Å². The molecule has 1 aliphatic rings. The van der Waals surface area contributed by atoms with Gasteiger partial charge in [-0.05, 0) is 45.4 Å². The highest BCUT2D eigenvalue weighted by atomic mass is 32.2. The van der Waals surface area contributed by atoms with Crippen LogP contribution in [0.2, 0.25) is 0 Å². The lowest BCUT2D eigenvalue weighted by molar-refractivity contribution is 0.0634. The molecule has 0 amide bonds. The van der Waals surface area contributed by atoms with E-state index in [1.54, 1.807) is 13.8 Å². The lowest BCUT2D eigenvalue weighted by Crippen LogP contribution is -2.26. The number of nitrogens with one attached hydrogen (secondary N) is 1. The van der Waals surface area contributed by atoms with Crippen molar-refractivity contribution in [2.45, 2.75) is 44.4 Å². The molecule has 0 unspecified atom stereocenters. The van der Waals surface area contributed by atoms with Crippen molar-refractivity contribution in [3.05, 3.63) is 11.5 Å². The highest BCUT2D eigenvalue weighted by Gasteiger charge is 2.23. The largest absolute Gasteiger partial charge is 0.381 e. The van der Waals surface area contributed by atoms with Crippen molar-refractivity contribution in [1.82, 2.24) is 9.88 Å². The number of nitrogens with zero attached hydrogens (tertiary/aromatic N) is 1. The number of aromatic nitrogens is 1. The van der Waals surface area contributed by atoms with Crippen LogP contribution < -0.4 is 4.72 Å². The van der Waals surface area contributed by atoms with Crippen LogP contribution in [-0.2, 0) is 14.8 Å². The second kappa shape index (κ2) is 6.69. The Balaban J connectivity index is 1.81. The van der Waals surface area contributed by atoms with Crippen LogP contribution in [0.4, 0.5) is 0 Å². The van der Waals surface area contributed by atoms with Crippen molar-refractivity contribution < 1.29 is 17.7 Å². The van der Waals surface area contributed by atoms with Gasteiger partial charge in [0.15, 0.2) is 5.76 Å². The van der Waals surface area contributed by atoms with Gasteiger partial charge in [0.05, 0.1) is 0 Å². The minimum Gasteiger partial charge on any atom is -0.381 e. The number of hydrogen-bond donors (Lipinski definition) is 1. The second-order valence-electron chi connectivity index (χ2n) is 5.25. The van der Waals surface area contributed by atoms with Gasteiger partial charge in [-0.15, -0.1) is 0 Å². The van der Waals surface area contributed by atoms with E-state index < -0.39 is 10.0 Å². The molecular weight excluding hydrogens is 280 g/mol. The highest BCUT2D eigenvalue weighted by Crippen LogP contribution is 2.21. The molecule has 0 aromatic carbocycles. The minimum absolute atomic E-state index is 0.170. The van der Waals surface area contributed by atoms with Gasteiger partial charge in [0, 0.05) is 19.8 Å². The number of aryl methyl sites for hydroxylation is 2. The number of rotatable bonds is 6. The van der Waals surface area contributed by atoms with E-state index in [9.17, 15) is 8.42 Å². The summed E-state index contributed by atoms with van der Waals surface area (Å²) in [5, 5.41) is 3.68. The molecule has 6 nitrogen and oxygen atoms in total. The Morgan fingerprint density at radius 3 is 2.60 bits per heavy atom. The summed E-state index contributed by atoms with van der Waals surface area (Å²) >= 11 is 0. The summed E-state index contributed by atoms with van der Waals surface area (Å²) in [6.07, 6.45) is 4.04. The van der Waals surface area contributed by atoms with Crippen LogP contribution in [0.15, 0.2) is 9.42 Å². The standard InChI is InChI=1S/C13H22N2O4S/c1-10-13(11(2)19-15-10)20(16,17)14-7-3-4-12-5-8-18-9-6-12/h12,14H,3-9H2,1-2H3. The van der Waals surface area contributed by atoms with Crippen molar-refractivity contribution in [2.24, 2.45) is 5.92 Å². The zero-order chi connectivity index (χ0) is 14.6. The average Bonchev–Trinajstić information content (AvgIpc) is 2.76. The molecule has 114 valence electrons. The first kappa shape index (κ1) is 15.5. The van der Waals surface area contributed by atoms with E-state index in [2.05, 4.69) is 9.88 Å². The Kier molecular flexibility index (Phi) is 5.17. The quantitative estimate of drug-likeness (QED) is 0.810. The Labute approximate surface area is 119 Å². The van der Waals surface area contributed by atoms with Crippen LogP contribution in [0.1, 0.15) is 37.1 Å². The monoisotopic (exact) mass is 302 g/mol. The molecular formula is C13H22N2O4S. The highest BCUT2D eigenvalue weighted by molar-refractivity contribution is 7.89. The number of ether oxygens (including phenoxy) is 1. The fourth-order valence-electron chi connectivity index (χ4n) is 2.56.